The molecule has 0 atom stereocenters. The lowest BCUT2D eigenvalue weighted by atomic mass is 9.87. The molecule has 5 nitrogen and oxygen atoms in total. The minimum absolute atomic E-state index is 0.0244. The number of carbonyl (C=O) groups is 1. The number of amides is 1. The van der Waals surface area contributed by atoms with Gasteiger partial charge in [0.05, 0.1) is 11.4 Å². The fraction of sp³-hybridized carbons (Fsp3) is 0.381. The number of carbonyl (C=O) groups excluding carboxylic acids is 1. The van der Waals surface area contributed by atoms with Gasteiger partial charge in [-0.15, -0.1) is 0 Å². The highest BCUT2D eigenvalue weighted by molar-refractivity contribution is 7.92. The zero-order chi connectivity index (χ0) is 22.1. The van der Waals surface area contributed by atoms with Crippen LogP contribution in [0.2, 0.25) is 5.02 Å². The zero-order valence-corrected chi connectivity index (χ0v) is 18.3. The molecule has 0 saturated carbocycles. The Labute approximate surface area is 180 Å². The molecule has 0 unspecified atom stereocenters. The van der Waals surface area contributed by atoms with E-state index in [4.69, 9.17) is 11.6 Å². The predicted octanol–water partition coefficient (Wildman–Crippen LogP) is 3.47. The number of benzene rings is 2. The van der Waals surface area contributed by atoms with Crippen LogP contribution in [0.15, 0.2) is 47.4 Å². The number of hydrogen-bond acceptors (Lipinski definition) is 4. The van der Waals surface area contributed by atoms with Crippen molar-refractivity contribution < 1.29 is 22.0 Å². The quantitative estimate of drug-likeness (QED) is 0.691. The molecule has 2 aromatic rings. The molecular formula is C21H23ClF2N2O3S. The van der Waals surface area contributed by atoms with Gasteiger partial charge in [0.2, 0.25) is 5.91 Å². The number of nitrogens with zero attached hydrogens (tertiary/aromatic N) is 2. The largest absolute Gasteiger partial charge is 0.341 e. The average molecular weight is 457 g/mol. The Hall–Kier alpha value is -2.03. The van der Waals surface area contributed by atoms with Gasteiger partial charge in [-0.05, 0) is 69.4 Å². The molecule has 30 heavy (non-hydrogen) atoms. The molecule has 1 aliphatic heterocycles. The van der Waals surface area contributed by atoms with Gasteiger partial charge in [0, 0.05) is 23.7 Å². The van der Waals surface area contributed by atoms with E-state index in [0.29, 0.717) is 5.02 Å². The Balaban J connectivity index is 2.07. The molecule has 1 saturated heterocycles. The van der Waals surface area contributed by atoms with Gasteiger partial charge in [-0.2, -0.15) is 0 Å². The summed E-state index contributed by atoms with van der Waals surface area (Å²) in [6.07, 6.45) is -0.0883. The van der Waals surface area contributed by atoms with E-state index in [9.17, 15) is 22.0 Å². The van der Waals surface area contributed by atoms with Crippen LogP contribution in [0, 0.1) is 11.6 Å². The second kappa shape index (κ2) is 8.61. The van der Waals surface area contributed by atoms with Crippen LogP contribution in [0.3, 0.4) is 0 Å². The van der Waals surface area contributed by atoms with Crippen LogP contribution in [-0.2, 0) is 19.4 Å². The molecular weight excluding hydrogens is 434 g/mol. The fourth-order valence-electron chi connectivity index (χ4n) is 3.86. The number of rotatable bonds is 5. The van der Waals surface area contributed by atoms with Crippen molar-refractivity contribution in [3.8, 4) is 0 Å². The molecule has 0 N–H and O–H groups in total. The Bertz CT molecular complexity index is 1030. The van der Waals surface area contributed by atoms with Gasteiger partial charge in [-0.1, -0.05) is 11.6 Å². The third-order valence-electron chi connectivity index (χ3n) is 5.43. The summed E-state index contributed by atoms with van der Waals surface area (Å²) in [5.74, 6) is -1.65. The first-order valence-corrected chi connectivity index (χ1v) is 11.3. The van der Waals surface area contributed by atoms with Crippen LogP contribution in [0.1, 0.15) is 18.4 Å². The maximum atomic E-state index is 14.8. The molecule has 3 rings (SSSR count). The Morgan fingerprint density at radius 3 is 2.27 bits per heavy atom. The van der Waals surface area contributed by atoms with Crippen LogP contribution < -0.4 is 0 Å². The van der Waals surface area contributed by atoms with Crippen molar-refractivity contribution in [2.75, 3.05) is 33.7 Å². The first-order chi connectivity index (χ1) is 14.1. The van der Waals surface area contributed by atoms with E-state index < -0.39 is 26.2 Å². The van der Waals surface area contributed by atoms with Crippen molar-refractivity contribution in [1.82, 2.24) is 9.80 Å². The summed E-state index contributed by atoms with van der Waals surface area (Å²) in [4.78, 5) is 15.7. The number of piperidine rings is 1. The lowest BCUT2D eigenvalue weighted by Crippen LogP contribution is -2.50. The third kappa shape index (κ3) is 4.22. The van der Waals surface area contributed by atoms with Crippen LogP contribution in [0.4, 0.5) is 8.78 Å². The first kappa shape index (κ1) is 22.7. The van der Waals surface area contributed by atoms with Crippen molar-refractivity contribution in [2.24, 2.45) is 0 Å². The van der Waals surface area contributed by atoms with Crippen molar-refractivity contribution >= 4 is 27.3 Å². The average Bonchev–Trinajstić information content (AvgIpc) is 2.69. The lowest BCUT2D eigenvalue weighted by Gasteiger charge is -2.42. The number of sulfone groups is 1. The third-order valence-corrected chi connectivity index (χ3v) is 8.23. The maximum absolute atomic E-state index is 14.8. The smallest absolute Gasteiger partial charge is 0.236 e. The SMILES string of the molecule is CN(C)CC(=O)N1CCC(c2cc(F)ccc2F)(S(=O)(=O)c2ccc(Cl)cc2)CC1. The summed E-state index contributed by atoms with van der Waals surface area (Å²) in [6.45, 7) is 0.427. The summed E-state index contributed by atoms with van der Waals surface area (Å²) in [6, 6.07) is 8.45. The molecule has 0 aliphatic carbocycles. The van der Waals surface area contributed by atoms with E-state index in [1.807, 2.05) is 0 Å². The molecule has 0 radical (unpaired) electrons. The normalized spacial score (nSPS) is 16.7. The highest BCUT2D eigenvalue weighted by atomic mass is 35.5. The molecule has 9 heteroatoms. The van der Waals surface area contributed by atoms with E-state index in [1.165, 1.54) is 24.3 Å². The number of halogens is 3. The van der Waals surface area contributed by atoms with Crippen LogP contribution in [-0.4, -0.2) is 57.9 Å². The van der Waals surface area contributed by atoms with E-state index in [2.05, 4.69) is 0 Å². The highest BCUT2D eigenvalue weighted by Gasteiger charge is 2.50. The molecule has 2 aromatic carbocycles. The van der Waals surface area contributed by atoms with Gasteiger partial charge in [-0.25, -0.2) is 17.2 Å². The number of hydrogen-bond donors (Lipinski definition) is 0. The van der Waals surface area contributed by atoms with Gasteiger partial charge in [0.1, 0.15) is 16.4 Å². The maximum Gasteiger partial charge on any atom is 0.236 e. The molecule has 1 amide bonds. The summed E-state index contributed by atoms with van der Waals surface area (Å²) in [5, 5.41) is 0.365. The first-order valence-electron chi connectivity index (χ1n) is 9.45. The Morgan fingerprint density at radius 1 is 1.10 bits per heavy atom. The number of likely N-dealkylation sites (tertiary alicyclic amines) is 1. The molecule has 0 aromatic heterocycles. The second-order valence-electron chi connectivity index (χ2n) is 7.69. The summed E-state index contributed by atoms with van der Waals surface area (Å²) < 4.78 is 54.5. The lowest BCUT2D eigenvalue weighted by molar-refractivity contribution is -0.133. The van der Waals surface area contributed by atoms with Crippen molar-refractivity contribution in [1.29, 1.82) is 0 Å². The summed E-state index contributed by atoms with van der Waals surface area (Å²) in [5.41, 5.74) is -0.211. The minimum Gasteiger partial charge on any atom is -0.341 e. The monoisotopic (exact) mass is 456 g/mol. The van der Waals surface area contributed by atoms with E-state index in [1.54, 1.807) is 23.9 Å². The van der Waals surface area contributed by atoms with Crippen molar-refractivity contribution in [2.45, 2.75) is 22.5 Å². The van der Waals surface area contributed by atoms with Gasteiger partial charge < -0.3 is 9.80 Å². The number of likely N-dealkylation sites (N-methyl/N-ethyl adjacent to an activating group) is 1. The fourth-order valence-corrected chi connectivity index (χ4v) is 6.09. The highest BCUT2D eigenvalue weighted by Crippen LogP contribution is 2.45. The second-order valence-corrected chi connectivity index (χ2v) is 10.4. The van der Waals surface area contributed by atoms with Gasteiger partial charge in [-0.3, -0.25) is 4.79 Å². The topological polar surface area (TPSA) is 57.7 Å². The molecule has 0 spiro atoms. The van der Waals surface area contributed by atoms with Crippen LogP contribution >= 0.6 is 11.6 Å². The zero-order valence-electron chi connectivity index (χ0n) is 16.7. The summed E-state index contributed by atoms with van der Waals surface area (Å²) in [7, 11) is -0.592. The van der Waals surface area contributed by atoms with E-state index >= 15 is 0 Å². The van der Waals surface area contributed by atoms with Crippen molar-refractivity contribution in [3.05, 3.63) is 64.7 Å². The molecule has 1 aliphatic rings. The molecule has 0 bridgehead atoms. The minimum atomic E-state index is -4.12. The predicted molar refractivity (Wildman–Crippen MR) is 111 cm³/mol. The van der Waals surface area contributed by atoms with Gasteiger partial charge in [0.25, 0.3) is 0 Å². The van der Waals surface area contributed by atoms with Gasteiger partial charge in [0.15, 0.2) is 9.84 Å². The molecule has 162 valence electrons. The van der Waals surface area contributed by atoms with Crippen molar-refractivity contribution in [3.63, 3.8) is 0 Å². The Kier molecular flexibility index (Phi) is 6.50. The van der Waals surface area contributed by atoms with E-state index in [0.717, 1.165) is 18.2 Å². The standard InChI is InChI=1S/C21H23ClF2N2O3S/c1-25(2)14-20(27)26-11-9-21(10-12-26,18-13-16(23)5-8-19(18)24)30(28,29)17-6-3-15(22)4-7-17/h3-8,13H,9-12,14H2,1-2H3. The molecule has 1 heterocycles. The summed E-state index contributed by atoms with van der Waals surface area (Å²) >= 11 is 5.89. The van der Waals surface area contributed by atoms with Gasteiger partial charge >= 0.3 is 0 Å². The van der Waals surface area contributed by atoms with E-state index in [-0.39, 0.29) is 48.8 Å². The Morgan fingerprint density at radius 2 is 1.70 bits per heavy atom. The van der Waals surface area contributed by atoms with Crippen LogP contribution in [0.25, 0.3) is 0 Å². The van der Waals surface area contributed by atoms with Crippen LogP contribution in [0.5, 0.6) is 0 Å². The molecule has 1 fully saturated rings.